The van der Waals surface area contributed by atoms with Crippen LogP contribution in [0.4, 0.5) is 11.4 Å². The van der Waals surface area contributed by atoms with E-state index in [1.807, 2.05) is 75.4 Å². The quantitative estimate of drug-likeness (QED) is 0.120. The highest BCUT2D eigenvalue weighted by molar-refractivity contribution is 7.92. The molecule has 0 radical (unpaired) electrons. The number of carbonyl (C=O) groups excluding carboxylic acids is 2. The van der Waals surface area contributed by atoms with Gasteiger partial charge in [-0.3, -0.25) is 24.0 Å². The predicted octanol–water partition coefficient (Wildman–Crippen LogP) is 5.97. The number of rotatable bonds is 15. The van der Waals surface area contributed by atoms with E-state index in [4.69, 9.17) is 4.74 Å². The highest BCUT2D eigenvalue weighted by atomic mass is 32.2. The molecule has 0 aliphatic rings. The normalized spacial score (nSPS) is 12.4. The molecule has 12 heteroatoms. The summed E-state index contributed by atoms with van der Waals surface area (Å²) in [6.07, 6.45) is 0.849. The molecule has 0 saturated heterocycles. The Morgan fingerprint density at radius 2 is 1.57 bits per heavy atom. The summed E-state index contributed by atoms with van der Waals surface area (Å²) in [4.78, 5) is 40.8. The smallest absolute Gasteiger partial charge is 0.273 e. The second-order valence-corrected chi connectivity index (χ2v) is 13.8. The van der Waals surface area contributed by atoms with Gasteiger partial charge in [0.1, 0.15) is 18.3 Å². The van der Waals surface area contributed by atoms with Gasteiger partial charge in [0.15, 0.2) is 0 Å². The van der Waals surface area contributed by atoms with Gasteiger partial charge in [0.25, 0.3) is 15.7 Å². The lowest BCUT2D eigenvalue weighted by atomic mass is 10.0. The van der Waals surface area contributed by atoms with Crippen LogP contribution in [0, 0.1) is 24.0 Å². The van der Waals surface area contributed by atoms with Crippen LogP contribution in [0.1, 0.15) is 42.5 Å². The van der Waals surface area contributed by atoms with E-state index >= 15 is 0 Å². The summed E-state index contributed by atoms with van der Waals surface area (Å²) in [5.74, 6) is -0.544. The predicted molar refractivity (Wildman–Crippen MR) is 189 cm³/mol. The van der Waals surface area contributed by atoms with Crippen LogP contribution in [0.3, 0.4) is 0 Å². The number of hydrogen-bond donors (Lipinski definition) is 1. The third-order valence-corrected chi connectivity index (χ3v) is 10.1. The highest BCUT2D eigenvalue weighted by Crippen LogP contribution is 2.30. The van der Waals surface area contributed by atoms with Crippen molar-refractivity contribution in [2.24, 2.45) is 0 Å². The number of nitrogens with one attached hydrogen (secondary N) is 1. The van der Waals surface area contributed by atoms with Crippen LogP contribution in [0.5, 0.6) is 5.75 Å². The van der Waals surface area contributed by atoms with Crippen molar-refractivity contribution in [2.45, 2.75) is 64.1 Å². The molecule has 0 aromatic heterocycles. The van der Waals surface area contributed by atoms with Gasteiger partial charge < -0.3 is 15.0 Å². The Kier molecular flexibility index (Phi) is 12.1. The summed E-state index contributed by atoms with van der Waals surface area (Å²) in [5.41, 5.74) is 2.64. The van der Waals surface area contributed by atoms with Crippen molar-refractivity contribution < 1.29 is 27.7 Å². The number of methoxy groups -OCH3 is 1. The van der Waals surface area contributed by atoms with E-state index in [-0.39, 0.29) is 46.7 Å². The first-order chi connectivity index (χ1) is 23.3. The van der Waals surface area contributed by atoms with Crippen LogP contribution < -0.4 is 14.4 Å². The monoisotopic (exact) mass is 686 g/mol. The summed E-state index contributed by atoms with van der Waals surface area (Å²) in [6, 6.07) is 25.4. The Balaban J connectivity index is 1.84. The number of carbonyl (C=O) groups is 2. The Morgan fingerprint density at radius 3 is 2.16 bits per heavy atom. The van der Waals surface area contributed by atoms with E-state index in [1.54, 1.807) is 12.1 Å². The van der Waals surface area contributed by atoms with Gasteiger partial charge in [-0.05, 0) is 68.7 Å². The Hall–Kier alpha value is -5.23. The van der Waals surface area contributed by atoms with Gasteiger partial charge in [0.2, 0.25) is 11.8 Å². The zero-order valence-electron chi connectivity index (χ0n) is 28.3. The molecule has 0 unspecified atom stereocenters. The number of nitrogens with zero attached hydrogens (tertiary/aromatic N) is 3. The fraction of sp³-hybridized carbons (Fsp3) is 0.297. The Bertz CT molecular complexity index is 1870. The van der Waals surface area contributed by atoms with Gasteiger partial charge in [0, 0.05) is 30.6 Å². The van der Waals surface area contributed by atoms with Crippen molar-refractivity contribution in [3.8, 4) is 5.75 Å². The summed E-state index contributed by atoms with van der Waals surface area (Å²) in [6.45, 7) is 6.61. The van der Waals surface area contributed by atoms with Gasteiger partial charge in [0.05, 0.1) is 22.6 Å². The summed E-state index contributed by atoms with van der Waals surface area (Å²) in [5, 5.41) is 14.8. The first-order valence-electron chi connectivity index (χ1n) is 15.9. The molecule has 0 fully saturated rings. The first kappa shape index (κ1) is 36.6. The number of nitro groups is 1. The largest absolute Gasteiger partial charge is 0.497 e. The van der Waals surface area contributed by atoms with Crippen LogP contribution in [0.15, 0.2) is 102 Å². The number of aryl methyl sites for hydroxylation is 2. The first-order valence-corrected chi connectivity index (χ1v) is 17.4. The average molecular weight is 687 g/mol. The second-order valence-electron chi connectivity index (χ2n) is 11.9. The summed E-state index contributed by atoms with van der Waals surface area (Å²) >= 11 is 0. The van der Waals surface area contributed by atoms with E-state index in [1.165, 1.54) is 43.2 Å². The maximum Gasteiger partial charge on any atom is 0.273 e. The van der Waals surface area contributed by atoms with Crippen LogP contribution >= 0.6 is 0 Å². The average Bonchev–Trinajstić information content (AvgIpc) is 3.09. The van der Waals surface area contributed by atoms with E-state index in [9.17, 15) is 28.1 Å². The highest BCUT2D eigenvalue weighted by Gasteiger charge is 2.35. The van der Waals surface area contributed by atoms with Gasteiger partial charge in [-0.2, -0.15) is 0 Å². The molecule has 0 spiro atoms. The Morgan fingerprint density at radius 1 is 0.918 bits per heavy atom. The maximum absolute atomic E-state index is 14.6. The summed E-state index contributed by atoms with van der Waals surface area (Å²) in [7, 11) is -3.07. The third kappa shape index (κ3) is 9.23. The van der Waals surface area contributed by atoms with E-state index in [0.717, 1.165) is 27.1 Å². The molecular weight excluding hydrogens is 644 g/mol. The SMILES string of the molecule is CC[C@@H](C)NC(=O)[C@@H](Cc1ccccc1)N(Cc1ccc(C)cc1)C(=O)CN(c1ccc(OC)cc1)S(=O)(=O)c1ccc(C)c([N+](=O)[O-])c1. The van der Waals surface area contributed by atoms with Gasteiger partial charge in [-0.25, -0.2) is 8.42 Å². The van der Waals surface area contributed by atoms with Crippen LogP contribution in [0.25, 0.3) is 0 Å². The van der Waals surface area contributed by atoms with Crippen molar-refractivity contribution in [1.82, 2.24) is 10.2 Å². The van der Waals surface area contributed by atoms with Crippen LogP contribution in [0.2, 0.25) is 0 Å². The summed E-state index contributed by atoms with van der Waals surface area (Å²) < 4.78 is 34.8. The number of amides is 2. The molecule has 0 heterocycles. The number of sulfonamides is 1. The minimum atomic E-state index is -4.54. The van der Waals surface area contributed by atoms with Crippen LogP contribution in [-0.4, -0.2) is 55.8 Å². The molecule has 11 nitrogen and oxygen atoms in total. The van der Waals surface area contributed by atoms with E-state index < -0.39 is 33.4 Å². The number of ether oxygens (including phenoxy) is 1. The van der Waals surface area contributed by atoms with Crippen molar-refractivity contribution >= 4 is 33.2 Å². The maximum atomic E-state index is 14.6. The number of benzene rings is 4. The molecule has 4 aromatic rings. The molecule has 49 heavy (non-hydrogen) atoms. The van der Waals surface area contributed by atoms with Gasteiger partial charge in [-0.1, -0.05) is 73.2 Å². The zero-order chi connectivity index (χ0) is 35.7. The standard InChI is InChI=1S/C37H42N4O7S/c1-6-28(4)38-37(43)35(22-29-10-8-7-9-11-29)39(24-30-15-12-26(2)13-16-30)36(42)25-40(31-17-19-32(48-5)20-18-31)49(46,47)33-21-14-27(3)34(23-33)41(44)45/h7-21,23,28,35H,6,22,24-25H2,1-5H3,(H,38,43)/t28-,35-/m1/s1. The van der Waals surface area contributed by atoms with Gasteiger partial charge >= 0.3 is 0 Å². The molecular formula is C37H42N4O7S. The van der Waals surface area contributed by atoms with E-state index in [2.05, 4.69) is 5.32 Å². The van der Waals surface area contributed by atoms with Crippen molar-refractivity contribution in [3.05, 3.63) is 129 Å². The van der Waals surface area contributed by atoms with Crippen LogP contribution in [-0.2, 0) is 32.6 Å². The molecule has 258 valence electrons. The molecule has 2 atom stereocenters. The lowest BCUT2D eigenvalue weighted by Gasteiger charge is -2.34. The molecule has 0 bridgehead atoms. The number of anilines is 1. The topological polar surface area (TPSA) is 139 Å². The van der Waals surface area contributed by atoms with E-state index in [0.29, 0.717) is 12.2 Å². The minimum Gasteiger partial charge on any atom is -0.497 e. The third-order valence-electron chi connectivity index (χ3n) is 8.35. The van der Waals surface area contributed by atoms with Gasteiger partial charge in [-0.15, -0.1) is 0 Å². The molecule has 1 N–H and O–H groups in total. The number of hydrogen-bond acceptors (Lipinski definition) is 7. The molecule has 4 rings (SSSR count). The lowest BCUT2D eigenvalue weighted by Crippen LogP contribution is -2.54. The molecule has 2 amide bonds. The molecule has 0 aliphatic heterocycles. The van der Waals surface area contributed by atoms with Crippen molar-refractivity contribution in [3.63, 3.8) is 0 Å². The molecule has 4 aromatic carbocycles. The Labute approximate surface area is 287 Å². The molecule has 0 aliphatic carbocycles. The fourth-order valence-corrected chi connectivity index (χ4v) is 6.67. The zero-order valence-corrected chi connectivity index (χ0v) is 29.1. The lowest BCUT2D eigenvalue weighted by molar-refractivity contribution is -0.385. The van der Waals surface area contributed by atoms with Crippen molar-refractivity contribution in [2.75, 3.05) is 18.0 Å². The number of nitro benzene ring substituents is 1. The fourth-order valence-electron chi connectivity index (χ4n) is 5.24. The second kappa shape index (κ2) is 16.2. The molecule has 0 saturated carbocycles. The van der Waals surface area contributed by atoms with Crippen molar-refractivity contribution in [1.29, 1.82) is 0 Å². The minimum absolute atomic E-state index is 0.0248.